The van der Waals surface area contributed by atoms with Crippen molar-refractivity contribution in [3.8, 4) is 0 Å². The van der Waals surface area contributed by atoms with Gasteiger partial charge < -0.3 is 5.32 Å². The van der Waals surface area contributed by atoms with E-state index in [-0.39, 0.29) is 16.4 Å². The Kier molecular flexibility index (Phi) is 5.79. The Balaban J connectivity index is 1.52. The Morgan fingerprint density at radius 2 is 1.87 bits per heavy atom. The summed E-state index contributed by atoms with van der Waals surface area (Å²) in [5.74, 6) is -0.540. The smallest absolute Gasteiger partial charge is 0.292 e. The van der Waals surface area contributed by atoms with Crippen LogP contribution in [-0.2, 0) is 7.05 Å². The molecule has 8 nitrogen and oxygen atoms in total. The Morgan fingerprint density at radius 3 is 2.65 bits per heavy atom. The quantitative estimate of drug-likeness (QED) is 0.353. The number of amides is 1. The number of aromatic nitrogens is 3. The van der Waals surface area contributed by atoms with Crippen molar-refractivity contribution in [2.45, 2.75) is 6.92 Å². The first-order chi connectivity index (χ1) is 14.9. The van der Waals surface area contributed by atoms with Gasteiger partial charge in [-0.2, -0.15) is 10.2 Å². The average Bonchev–Trinajstić information content (AvgIpc) is 3.11. The molecule has 0 aliphatic carbocycles. The highest BCUT2D eigenvalue weighted by Crippen LogP contribution is 2.29. The Labute approximate surface area is 186 Å². The molecular weight excluding hydrogens is 436 g/mol. The van der Waals surface area contributed by atoms with Crippen molar-refractivity contribution < 1.29 is 4.79 Å². The maximum absolute atomic E-state index is 12.6. The number of hydrogen-bond donors (Lipinski definition) is 2. The predicted octanol–water partition coefficient (Wildman–Crippen LogP) is 3.86. The number of rotatable bonds is 5. The highest BCUT2D eigenvalue weighted by molar-refractivity contribution is 7.17. The Morgan fingerprint density at radius 1 is 1.16 bits per heavy atom. The van der Waals surface area contributed by atoms with Crippen LogP contribution in [-0.4, -0.2) is 26.9 Å². The molecule has 0 saturated heterocycles. The maximum atomic E-state index is 12.6. The summed E-state index contributed by atoms with van der Waals surface area (Å²) in [6.07, 6.45) is 1.42. The van der Waals surface area contributed by atoms with E-state index in [2.05, 4.69) is 25.9 Å². The molecule has 2 heterocycles. The van der Waals surface area contributed by atoms with Crippen LogP contribution >= 0.6 is 22.9 Å². The van der Waals surface area contributed by atoms with Crippen LogP contribution in [0.25, 0.3) is 10.8 Å². The molecule has 10 heteroatoms. The normalized spacial score (nSPS) is 11.2. The van der Waals surface area contributed by atoms with Gasteiger partial charge in [-0.1, -0.05) is 59.3 Å². The molecule has 2 aromatic carbocycles. The van der Waals surface area contributed by atoms with Gasteiger partial charge in [0.1, 0.15) is 0 Å². The average molecular weight is 453 g/mol. The molecule has 0 bridgehead atoms. The number of hydrazone groups is 1. The summed E-state index contributed by atoms with van der Waals surface area (Å²) in [6, 6.07) is 14.6. The first-order valence-electron chi connectivity index (χ1n) is 9.22. The van der Waals surface area contributed by atoms with Crippen LogP contribution in [0.3, 0.4) is 0 Å². The largest absolute Gasteiger partial charge is 0.331 e. The van der Waals surface area contributed by atoms with Crippen molar-refractivity contribution in [1.29, 1.82) is 0 Å². The third-order valence-electron chi connectivity index (χ3n) is 4.52. The second kappa shape index (κ2) is 8.66. The maximum Gasteiger partial charge on any atom is 0.292 e. The van der Waals surface area contributed by atoms with Crippen LogP contribution in [0, 0.1) is 6.92 Å². The van der Waals surface area contributed by atoms with E-state index < -0.39 is 5.91 Å². The van der Waals surface area contributed by atoms with Gasteiger partial charge in [-0.05, 0) is 24.6 Å². The monoisotopic (exact) mass is 452 g/mol. The van der Waals surface area contributed by atoms with E-state index in [1.165, 1.54) is 24.6 Å². The molecule has 0 radical (unpaired) electrons. The van der Waals surface area contributed by atoms with Crippen LogP contribution in [0.4, 0.5) is 10.8 Å². The molecule has 1 amide bonds. The third kappa shape index (κ3) is 4.32. The summed E-state index contributed by atoms with van der Waals surface area (Å²) in [4.78, 5) is 29.7. The molecule has 0 unspecified atom stereocenters. The number of benzene rings is 2. The fraction of sp³-hybridized carbons (Fsp3) is 0.0952. The van der Waals surface area contributed by atoms with Crippen LogP contribution < -0.4 is 16.3 Å². The van der Waals surface area contributed by atoms with Crippen LogP contribution in [0.5, 0.6) is 0 Å². The molecule has 0 atom stereocenters. The number of nitrogens with zero attached hydrogens (tertiary/aromatic N) is 4. The number of halogens is 1. The van der Waals surface area contributed by atoms with Gasteiger partial charge in [0.2, 0.25) is 0 Å². The van der Waals surface area contributed by atoms with E-state index in [4.69, 9.17) is 11.6 Å². The van der Waals surface area contributed by atoms with Crippen molar-refractivity contribution >= 4 is 56.7 Å². The van der Waals surface area contributed by atoms with E-state index in [1.54, 1.807) is 24.3 Å². The lowest BCUT2D eigenvalue weighted by molar-refractivity contribution is 0.0950. The molecule has 4 aromatic rings. The molecule has 156 valence electrons. The van der Waals surface area contributed by atoms with E-state index in [9.17, 15) is 9.59 Å². The molecule has 2 N–H and O–H groups in total. The zero-order valence-electron chi connectivity index (χ0n) is 16.6. The third-order valence-corrected chi connectivity index (χ3v) is 5.82. The number of thiazole rings is 1. The Bertz CT molecular complexity index is 1380. The molecule has 0 fully saturated rings. The summed E-state index contributed by atoms with van der Waals surface area (Å²) in [5, 5.41) is 13.0. The second-order valence-corrected chi connectivity index (χ2v) is 8.02. The number of carbonyl (C=O) groups is 1. The van der Waals surface area contributed by atoms with Crippen molar-refractivity contribution in [1.82, 2.24) is 20.2 Å². The second-order valence-electron chi connectivity index (χ2n) is 6.64. The van der Waals surface area contributed by atoms with Crippen LogP contribution in [0.15, 0.2) is 58.4 Å². The highest BCUT2D eigenvalue weighted by Gasteiger charge is 2.15. The van der Waals surface area contributed by atoms with E-state index >= 15 is 0 Å². The van der Waals surface area contributed by atoms with Gasteiger partial charge in [0.15, 0.2) is 16.0 Å². The standard InChI is InChI=1S/C21H17ClN6O2S/c1-12-7-3-6-10-15(12)24-21-25-18(22)16(31-21)11-23-26-19(29)17-13-8-4-5-9-14(13)20(30)28(2)27-17/h3-11H,1-2H3,(H,24,25)(H,26,29)/b23-11-. The van der Waals surface area contributed by atoms with Gasteiger partial charge in [-0.15, -0.1) is 0 Å². The lowest BCUT2D eigenvalue weighted by atomic mass is 10.1. The minimum atomic E-state index is -0.540. The van der Waals surface area contributed by atoms with Gasteiger partial charge in [-0.25, -0.2) is 15.1 Å². The minimum absolute atomic E-state index is 0.104. The molecule has 0 saturated carbocycles. The fourth-order valence-corrected chi connectivity index (χ4v) is 3.99. The molecule has 4 rings (SSSR count). The van der Waals surface area contributed by atoms with Crippen molar-refractivity contribution in [2.75, 3.05) is 5.32 Å². The topological polar surface area (TPSA) is 101 Å². The zero-order valence-corrected chi connectivity index (χ0v) is 18.2. The summed E-state index contributed by atoms with van der Waals surface area (Å²) in [7, 11) is 1.49. The summed E-state index contributed by atoms with van der Waals surface area (Å²) in [5.41, 5.74) is 4.27. The summed E-state index contributed by atoms with van der Waals surface area (Å²) < 4.78 is 1.13. The van der Waals surface area contributed by atoms with E-state index in [0.717, 1.165) is 15.9 Å². The summed E-state index contributed by atoms with van der Waals surface area (Å²) >= 11 is 7.51. The van der Waals surface area contributed by atoms with Gasteiger partial charge in [0.25, 0.3) is 11.5 Å². The molecule has 0 aliphatic rings. The number of anilines is 2. The first-order valence-corrected chi connectivity index (χ1v) is 10.4. The molecular formula is C21H17ClN6O2S. The van der Waals surface area contributed by atoms with Crippen LogP contribution in [0.1, 0.15) is 20.9 Å². The molecule has 2 aromatic heterocycles. The number of carbonyl (C=O) groups excluding carboxylic acids is 1. The van der Waals surface area contributed by atoms with Crippen molar-refractivity contribution in [3.05, 3.63) is 80.2 Å². The zero-order chi connectivity index (χ0) is 22.0. The molecule has 0 spiro atoms. The van der Waals surface area contributed by atoms with Crippen molar-refractivity contribution in [2.24, 2.45) is 12.1 Å². The summed E-state index contributed by atoms with van der Waals surface area (Å²) in [6.45, 7) is 1.99. The Hall–Kier alpha value is -3.56. The SMILES string of the molecule is Cc1ccccc1Nc1nc(Cl)c(/C=N\NC(=O)c2nn(C)c(=O)c3ccccc23)s1. The lowest BCUT2D eigenvalue weighted by Crippen LogP contribution is -2.27. The van der Waals surface area contributed by atoms with Crippen molar-refractivity contribution in [3.63, 3.8) is 0 Å². The number of aryl methyl sites for hydroxylation is 2. The number of fused-ring (bicyclic) bond motifs is 1. The van der Waals surface area contributed by atoms with Gasteiger partial charge in [-0.3, -0.25) is 9.59 Å². The lowest BCUT2D eigenvalue weighted by Gasteiger charge is -2.06. The number of nitrogens with one attached hydrogen (secondary N) is 2. The van der Waals surface area contributed by atoms with Gasteiger partial charge in [0, 0.05) is 18.1 Å². The van der Waals surface area contributed by atoms with E-state index in [0.29, 0.717) is 20.8 Å². The number of para-hydroxylation sites is 1. The van der Waals surface area contributed by atoms with E-state index in [1.807, 2.05) is 31.2 Å². The van der Waals surface area contributed by atoms with Gasteiger partial charge in [0.05, 0.1) is 16.5 Å². The number of hydrogen-bond acceptors (Lipinski definition) is 7. The fourth-order valence-electron chi connectivity index (χ4n) is 2.94. The molecule has 0 aliphatic heterocycles. The highest BCUT2D eigenvalue weighted by atomic mass is 35.5. The minimum Gasteiger partial charge on any atom is -0.331 e. The molecule has 31 heavy (non-hydrogen) atoms. The van der Waals surface area contributed by atoms with Gasteiger partial charge >= 0.3 is 0 Å². The first kappa shape index (κ1) is 20.7. The predicted molar refractivity (Wildman–Crippen MR) is 124 cm³/mol. The van der Waals surface area contributed by atoms with Crippen LogP contribution in [0.2, 0.25) is 5.15 Å².